The summed E-state index contributed by atoms with van der Waals surface area (Å²) >= 11 is 0. The number of aromatic nitrogens is 4. The monoisotopic (exact) mass is 1050 g/mol. The summed E-state index contributed by atoms with van der Waals surface area (Å²) in [6, 6.07) is 30.2. The molecule has 5 heteroatoms. The fourth-order valence-corrected chi connectivity index (χ4v) is 11.1. The van der Waals surface area contributed by atoms with E-state index in [-0.39, 0.29) is 45.0 Å². The van der Waals surface area contributed by atoms with Crippen molar-refractivity contribution >= 4 is 32.8 Å². The van der Waals surface area contributed by atoms with E-state index in [2.05, 4.69) is 27.1 Å². The van der Waals surface area contributed by atoms with Crippen LogP contribution in [0.3, 0.4) is 0 Å². The maximum absolute atomic E-state index is 10.3. The largest absolute Gasteiger partial charge is 0.458 e. The van der Waals surface area contributed by atoms with Crippen LogP contribution in [0.15, 0.2) is 182 Å². The average Bonchev–Trinajstić information content (AvgIpc) is 1.50. The minimum absolute atomic E-state index is 0.0412. The lowest BCUT2D eigenvalue weighted by Gasteiger charge is -2.23. The van der Waals surface area contributed by atoms with E-state index < -0.39 is 183 Å². The van der Waals surface area contributed by atoms with Crippen molar-refractivity contribution in [1.82, 2.24) is 14.1 Å². The highest BCUT2D eigenvalue weighted by atomic mass is 16.5. The zero-order valence-electron chi connectivity index (χ0n) is 75.5. The predicted octanol–water partition coefficient (Wildman–Crippen LogP) is 18.5. The van der Waals surface area contributed by atoms with Crippen LogP contribution >= 0.6 is 0 Å². The van der Waals surface area contributed by atoms with Crippen molar-refractivity contribution in [2.75, 3.05) is 0 Å². The lowest BCUT2D eigenvalue weighted by Crippen LogP contribution is -2.31. The summed E-state index contributed by atoms with van der Waals surface area (Å²) < 4.78 is 312. The fourth-order valence-electron chi connectivity index (χ4n) is 11.1. The molecule has 8 aromatic carbocycles. The number of aryl methyl sites for hydroxylation is 1. The van der Waals surface area contributed by atoms with Gasteiger partial charge in [-0.25, -0.2) is 4.98 Å². The Bertz CT molecular complexity index is 5430. The zero-order valence-corrected chi connectivity index (χ0v) is 42.5. The molecular formula is C73H70N4O. The number of rotatable bonds is 8. The quantitative estimate of drug-likeness (QED) is 0.112. The van der Waals surface area contributed by atoms with E-state index in [4.69, 9.17) is 46.7 Å². The van der Waals surface area contributed by atoms with Crippen LogP contribution in [0.5, 0.6) is 11.5 Å². The van der Waals surface area contributed by atoms with Gasteiger partial charge in [0.2, 0.25) is 0 Å². The van der Waals surface area contributed by atoms with E-state index in [1.54, 1.807) is 60.8 Å². The number of para-hydroxylation sites is 4. The lowest BCUT2D eigenvalue weighted by atomic mass is 9.82. The molecule has 0 N–H and O–H groups in total. The van der Waals surface area contributed by atoms with E-state index in [0.29, 0.717) is 22.2 Å². The third-order valence-corrected chi connectivity index (χ3v) is 14.9. The van der Waals surface area contributed by atoms with E-state index in [9.17, 15) is 8.22 Å². The maximum Gasteiger partial charge on any atom is 0.269 e. The first kappa shape index (κ1) is 25.2. The molecule has 13 rings (SSSR count). The summed E-state index contributed by atoms with van der Waals surface area (Å²) in [5, 5.41) is 1.54. The molecule has 0 aliphatic heterocycles. The number of fused-ring (bicyclic) bond motifs is 6. The molecule has 3 heterocycles. The Labute approximate surface area is 507 Å². The van der Waals surface area contributed by atoms with Gasteiger partial charge in [0.05, 0.1) is 41.7 Å². The molecule has 78 heavy (non-hydrogen) atoms. The minimum atomic E-state index is -3.95. The number of pyridine rings is 1. The van der Waals surface area contributed by atoms with Gasteiger partial charge < -0.3 is 4.74 Å². The topological polar surface area (TPSA) is 35.9 Å². The second-order valence-corrected chi connectivity index (χ2v) is 21.5. The van der Waals surface area contributed by atoms with E-state index >= 15 is 0 Å². The van der Waals surface area contributed by atoms with Gasteiger partial charge in [-0.1, -0.05) is 203 Å². The van der Waals surface area contributed by atoms with Crippen molar-refractivity contribution < 1.29 is 54.5 Å². The molecule has 0 atom stereocenters. The van der Waals surface area contributed by atoms with Crippen LogP contribution in [0.2, 0.25) is 0 Å². The number of nitrogens with zero attached hydrogens (tertiary/aromatic N) is 4. The molecule has 2 aliphatic rings. The standard InChI is InChI=1S/C73H70N4O/c1-46-36-67(74-42-58(46)47-20-17-21-50(37-47)69(2,3)4)77-63-27-14-13-24-56(63)57-33-32-53(41-66(57)77)78-52-23-18-22-51(40-52)75-45-76(65-29-16-15-28-64(65)75)68-54(48-30-34-59-61(38-48)72(9,10)43-70(59,5)6)25-19-26-55(68)49-31-35-60-62(39-49)73(11,12)44-71(60,7)8/h13-42H,43-44H2,1-12H3/i1D3,5D3,6D3,7D3,8D3,9D3,10D3,11D3,12D3,30D,31D,34D,35D,38D,39D. The van der Waals surface area contributed by atoms with E-state index in [1.807, 2.05) is 59.2 Å². The third-order valence-electron chi connectivity index (χ3n) is 14.9. The van der Waals surface area contributed by atoms with Crippen molar-refractivity contribution in [2.45, 2.75) is 122 Å². The molecule has 0 saturated carbocycles. The molecule has 0 bridgehead atoms. The molecule has 11 aromatic rings. The van der Waals surface area contributed by atoms with Crippen molar-refractivity contribution in [2.24, 2.45) is 0 Å². The van der Waals surface area contributed by atoms with Gasteiger partial charge in [0, 0.05) is 65.6 Å². The average molecular weight is 1050 g/mol. The Balaban J connectivity index is 1.08. The highest BCUT2D eigenvalue weighted by Crippen LogP contribution is 2.53. The number of hydrogen-bond acceptors (Lipinski definition) is 2. The minimum Gasteiger partial charge on any atom is -0.458 e. The highest BCUT2D eigenvalue weighted by molar-refractivity contribution is 6.09. The Kier molecular flexibility index (Phi) is 5.65. The first-order valence-electron chi connectivity index (χ1n) is 41.7. The molecule has 0 saturated heterocycles. The van der Waals surface area contributed by atoms with Crippen molar-refractivity contribution in [3.8, 4) is 62.1 Å². The van der Waals surface area contributed by atoms with Crippen LogP contribution in [0, 0.1) is 13.2 Å². The maximum atomic E-state index is 10.3. The smallest absolute Gasteiger partial charge is 0.269 e. The van der Waals surface area contributed by atoms with Gasteiger partial charge in [-0.05, 0) is 150 Å². The zero-order chi connectivity index (χ0) is 82.0. The summed E-state index contributed by atoms with van der Waals surface area (Å²) in [6.45, 7) is -27.8. The molecule has 388 valence electrons. The Morgan fingerprint density at radius 3 is 1.86 bits per heavy atom. The summed E-state index contributed by atoms with van der Waals surface area (Å²) in [6.07, 6.45) is 1.22. The van der Waals surface area contributed by atoms with Gasteiger partial charge in [0.1, 0.15) is 17.3 Å². The molecule has 0 radical (unpaired) electrons. The van der Waals surface area contributed by atoms with Gasteiger partial charge in [-0.2, -0.15) is 0 Å². The Hall–Kier alpha value is -8.02. The van der Waals surface area contributed by atoms with Crippen LogP contribution < -0.4 is 9.30 Å². The second-order valence-electron chi connectivity index (χ2n) is 21.5. The molecule has 5 nitrogen and oxygen atoms in total. The third kappa shape index (κ3) is 8.11. The number of hydrogen-bond donors (Lipinski definition) is 0. The summed E-state index contributed by atoms with van der Waals surface area (Å²) in [4.78, 5) is 4.91. The fraction of sp³-hybridized carbons (Fsp3) is 0.260. The van der Waals surface area contributed by atoms with Crippen LogP contribution in [-0.4, -0.2) is 14.1 Å². The van der Waals surface area contributed by atoms with Crippen molar-refractivity contribution in [3.05, 3.63) is 222 Å². The first-order valence-corrected chi connectivity index (χ1v) is 25.2. The van der Waals surface area contributed by atoms with Crippen LogP contribution in [0.4, 0.5) is 0 Å². The van der Waals surface area contributed by atoms with Crippen LogP contribution in [-0.2, 0) is 27.1 Å². The predicted molar refractivity (Wildman–Crippen MR) is 323 cm³/mol. The normalized spacial score (nSPS) is 23.7. The van der Waals surface area contributed by atoms with E-state index in [0.717, 1.165) is 34.5 Å². The van der Waals surface area contributed by atoms with Crippen molar-refractivity contribution in [3.63, 3.8) is 0 Å². The number of imidazole rings is 1. The number of ether oxygens (including phenoxy) is 1. The highest BCUT2D eigenvalue weighted by Gasteiger charge is 2.43. The van der Waals surface area contributed by atoms with Crippen molar-refractivity contribution in [1.29, 1.82) is 0 Å². The lowest BCUT2D eigenvalue weighted by molar-refractivity contribution is -0.571. The molecule has 2 aliphatic carbocycles. The van der Waals surface area contributed by atoms with E-state index in [1.165, 1.54) is 21.3 Å². The second kappa shape index (κ2) is 17.5. The Morgan fingerprint density at radius 1 is 0.564 bits per heavy atom. The molecular weight excluding hydrogens is 949 g/mol. The molecule has 0 spiro atoms. The van der Waals surface area contributed by atoms with Gasteiger partial charge in [-0.3, -0.25) is 13.7 Å². The van der Waals surface area contributed by atoms with Crippen LogP contribution in [0.1, 0.15) is 167 Å². The Morgan fingerprint density at radius 2 is 1.18 bits per heavy atom. The summed E-state index contributed by atoms with van der Waals surface area (Å²) in [5.74, 6) is 0.716. The summed E-state index contributed by atoms with van der Waals surface area (Å²) in [5.41, 5.74) is -19.5. The van der Waals surface area contributed by atoms with Gasteiger partial charge in [-0.15, -0.1) is 0 Å². The molecule has 0 fully saturated rings. The molecule has 0 unspecified atom stereocenters. The first-order chi connectivity index (χ1) is 50.9. The van der Waals surface area contributed by atoms with Gasteiger partial charge in [0.15, 0.2) is 0 Å². The van der Waals surface area contributed by atoms with Gasteiger partial charge in [0.25, 0.3) is 6.33 Å². The molecule has 3 aromatic heterocycles. The van der Waals surface area contributed by atoms with Crippen LogP contribution in [0.25, 0.3) is 83.4 Å². The molecule has 0 amide bonds. The SMILES string of the molecule is [2H]c1c([2H])c2c(c([2H])c1-c1cccc(-c3c([2H])c([2H])c4c(c3[2H])C(C([2H])([2H])[2H])(C([2H])([2H])[2H])CC4(C([2H])([2H])[2H])C([2H])([2H])[2H])c1-[n+]1[c-]n(-c3cccc(Oc4ccc5c6ccccc6n(-c6cc(C([2H])([2H])[2H])c(-c7cccc(C(C)(C)C)c7)cn6)c5c4)c3)c3ccccc31)C(C([2H])([2H])[2H])(C([2H])([2H])[2H])CC2(C([2H])([2H])[2H])C([2H])([2H])[2H]. The summed E-state index contributed by atoms with van der Waals surface area (Å²) in [7, 11) is 0. The van der Waals surface area contributed by atoms with Gasteiger partial charge >= 0.3 is 0 Å². The number of benzene rings is 8.